The van der Waals surface area contributed by atoms with Gasteiger partial charge in [-0.3, -0.25) is 4.98 Å². The van der Waals surface area contributed by atoms with Crippen LogP contribution in [-0.4, -0.2) is 21.0 Å². The molecule has 4 nitrogen and oxygen atoms in total. The summed E-state index contributed by atoms with van der Waals surface area (Å²) < 4.78 is 0. The molecule has 1 atom stereocenters. The van der Waals surface area contributed by atoms with E-state index in [0.717, 1.165) is 35.7 Å². The SMILES string of the molecule is Cc1cc(-c2ccccn2)nc(CCC(C)N)n1. The lowest BCUT2D eigenvalue weighted by atomic mass is 10.1. The maximum atomic E-state index is 5.76. The number of hydrogen-bond acceptors (Lipinski definition) is 4. The third-order valence-corrected chi connectivity index (χ3v) is 2.65. The second-order valence-electron chi connectivity index (χ2n) is 4.54. The van der Waals surface area contributed by atoms with E-state index in [-0.39, 0.29) is 6.04 Å². The molecule has 2 aromatic rings. The third kappa shape index (κ3) is 3.34. The molecule has 0 spiro atoms. The number of aromatic nitrogens is 3. The van der Waals surface area contributed by atoms with Crippen molar-refractivity contribution in [1.82, 2.24) is 15.0 Å². The number of aryl methyl sites for hydroxylation is 2. The van der Waals surface area contributed by atoms with E-state index in [0.29, 0.717) is 0 Å². The summed E-state index contributed by atoms with van der Waals surface area (Å²) in [6.45, 7) is 3.97. The third-order valence-electron chi connectivity index (χ3n) is 2.65. The summed E-state index contributed by atoms with van der Waals surface area (Å²) in [4.78, 5) is 13.3. The number of nitrogens with two attached hydrogens (primary N) is 1. The lowest BCUT2D eigenvalue weighted by molar-refractivity contribution is 0.646. The number of nitrogens with zero attached hydrogens (tertiary/aromatic N) is 3. The van der Waals surface area contributed by atoms with Crippen molar-refractivity contribution in [2.75, 3.05) is 0 Å². The Labute approximate surface area is 107 Å². The van der Waals surface area contributed by atoms with Crippen LogP contribution in [0.2, 0.25) is 0 Å². The van der Waals surface area contributed by atoms with Crippen LogP contribution in [0.5, 0.6) is 0 Å². The van der Waals surface area contributed by atoms with E-state index in [1.807, 2.05) is 38.1 Å². The van der Waals surface area contributed by atoms with Gasteiger partial charge in [-0.2, -0.15) is 0 Å². The Balaban J connectivity index is 2.27. The second-order valence-corrected chi connectivity index (χ2v) is 4.54. The molecule has 0 saturated heterocycles. The maximum absolute atomic E-state index is 5.76. The Morgan fingerprint density at radius 1 is 1.22 bits per heavy atom. The zero-order valence-electron chi connectivity index (χ0n) is 10.8. The monoisotopic (exact) mass is 242 g/mol. The van der Waals surface area contributed by atoms with Crippen molar-refractivity contribution >= 4 is 0 Å². The van der Waals surface area contributed by atoms with Gasteiger partial charge in [-0.25, -0.2) is 9.97 Å². The largest absolute Gasteiger partial charge is 0.328 e. The van der Waals surface area contributed by atoms with Gasteiger partial charge >= 0.3 is 0 Å². The Morgan fingerprint density at radius 3 is 2.72 bits per heavy atom. The van der Waals surface area contributed by atoms with Crippen LogP contribution in [0.4, 0.5) is 0 Å². The first-order chi connectivity index (χ1) is 8.65. The van der Waals surface area contributed by atoms with Crippen LogP contribution in [0, 0.1) is 6.92 Å². The lowest BCUT2D eigenvalue weighted by Gasteiger charge is -2.07. The predicted octanol–water partition coefficient (Wildman–Crippen LogP) is 2.13. The normalized spacial score (nSPS) is 12.4. The first-order valence-electron chi connectivity index (χ1n) is 6.16. The first-order valence-corrected chi connectivity index (χ1v) is 6.16. The fraction of sp³-hybridized carbons (Fsp3) is 0.357. The van der Waals surface area contributed by atoms with Crippen LogP contribution in [0.1, 0.15) is 24.9 Å². The summed E-state index contributed by atoms with van der Waals surface area (Å²) in [5.74, 6) is 0.841. The minimum absolute atomic E-state index is 0.174. The van der Waals surface area contributed by atoms with E-state index >= 15 is 0 Å². The smallest absolute Gasteiger partial charge is 0.129 e. The molecule has 0 saturated carbocycles. The van der Waals surface area contributed by atoms with Crippen LogP contribution in [0.25, 0.3) is 11.4 Å². The van der Waals surface area contributed by atoms with Gasteiger partial charge in [-0.15, -0.1) is 0 Å². The summed E-state index contributed by atoms with van der Waals surface area (Å²) in [5, 5.41) is 0. The highest BCUT2D eigenvalue weighted by molar-refractivity contribution is 5.53. The van der Waals surface area contributed by atoms with Gasteiger partial charge < -0.3 is 5.73 Å². The van der Waals surface area contributed by atoms with Crippen molar-refractivity contribution in [3.05, 3.63) is 42.0 Å². The summed E-state index contributed by atoms with van der Waals surface area (Å²) in [7, 11) is 0. The first kappa shape index (κ1) is 12.6. The van der Waals surface area contributed by atoms with E-state index in [4.69, 9.17) is 5.73 Å². The molecular weight excluding hydrogens is 224 g/mol. The van der Waals surface area contributed by atoms with E-state index in [1.165, 1.54) is 0 Å². The number of hydrogen-bond donors (Lipinski definition) is 1. The minimum atomic E-state index is 0.174. The van der Waals surface area contributed by atoms with Crippen LogP contribution in [-0.2, 0) is 6.42 Å². The van der Waals surface area contributed by atoms with Crippen LogP contribution < -0.4 is 5.73 Å². The fourth-order valence-electron chi connectivity index (χ4n) is 1.74. The molecule has 0 aliphatic carbocycles. The highest BCUT2D eigenvalue weighted by Gasteiger charge is 2.06. The molecular formula is C14H18N4. The molecule has 0 aliphatic rings. The van der Waals surface area contributed by atoms with Crippen molar-refractivity contribution in [2.45, 2.75) is 32.7 Å². The van der Waals surface area contributed by atoms with Gasteiger partial charge in [0.1, 0.15) is 5.82 Å². The average Bonchev–Trinajstić information content (AvgIpc) is 2.37. The predicted molar refractivity (Wildman–Crippen MR) is 72.0 cm³/mol. The van der Waals surface area contributed by atoms with E-state index in [1.54, 1.807) is 6.20 Å². The van der Waals surface area contributed by atoms with Gasteiger partial charge in [-0.1, -0.05) is 6.07 Å². The minimum Gasteiger partial charge on any atom is -0.328 e. The van der Waals surface area contributed by atoms with E-state index in [9.17, 15) is 0 Å². The van der Waals surface area contributed by atoms with Crippen molar-refractivity contribution in [1.29, 1.82) is 0 Å². The summed E-state index contributed by atoms with van der Waals surface area (Å²) >= 11 is 0. The second kappa shape index (κ2) is 5.69. The lowest BCUT2D eigenvalue weighted by Crippen LogP contribution is -2.16. The summed E-state index contributed by atoms with van der Waals surface area (Å²) in [5.41, 5.74) is 8.48. The molecule has 0 aromatic carbocycles. The van der Waals surface area contributed by atoms with E-state index < -0.39 is 0 Å². The Kier molecular flexibility index (Phi) is 3.99. The van der Waals surface area contributed by atoms with Crippen LogP contribution in [0.15, 0.2) is 30.5 Å². The molecule has 2 aromatic heterocycles. The average molecular weight is 242 g/mol. The molecule has 1 unspecified atom stereocenters. The van der Waals surface area contributed by atoms with Crippen molar-refractivity contribution in [3.8, 4) is 11.4 Å². The molecule has 0 fully saturated rings. The molecule has 0 bridgehead atoms. The molecule has 2 heterocycles. The zero-order valence-corrected chi connectivity index (χ0v) is 10.8. The molecule has 2 N–H and O–H groups in total. The standard InChI is InChI=1S/C14H18N4/c1-10(15)6-7-14-17-11(2)9-13(18-14)12-5-3-4-8-16-12/h3-5,8-10H,6-7,15H2,1-2H3. The number of pyridine rings is 1. The number of rotatable bonds is 4. The van der Waals surface area contributed by atoms with Gasteiger partial charge in [-0.05, 0) is 38.5 Å². The quantitative estimate of drug-likeness (QED) is 0.892. The topological polar surface area (TPSA) is 64.7 Å². The highest BCUT2D eigenvalue weighted by atomic mass is 14.9. The Hall–Kier alpha value is -1.81. The molecule has 0 aliphatic heterocycles. The maximum Gasteiger partial charge on any atom is 0.129 e. The van der Waals surface area contributed by atoms with Gasteiger partial charge in [0.15, 0.2) is 0 Å². The van der Waals surface area contributed by atoms with Gasteiger partial charge in [0.25, 0.3) is 0 Å². The van der Waals surface area contributed by atoms with Crippen molar-refractivity contribution < 1.29 is 0 Å². The molecule has 94 valence electrons. The van der Waals surface area contributed by atoms with Gasteiger partial charge in [0.05, 0.1) is 11.4 Å². The molecule has 4 heteroatoms. The van der Waals surface area contributed by atoms with E-state index in [2.05, 4.69) is 15.0 Å². The Morgan fingerprint density at radius 2 is 2.06 bits per heavy atom. The molecule has 2 rings (SSSR count). The molecule has 0 amide bonds. The van der Waals surface area contributed by atoms with Gasteiger partial charge in [0.2, 0.25) is 0 Å². The van der Waals surface area contributed by atoms with Crippen LogP contribution >= 0.6 is 0 Å². The fourth-order valence-corrected chi connectivity index (χ4v) is 1.74. The Bertz CT molecular complexity index is 508. The zero-order chi connectivity index (χ0) is 13.0. The highest BCUT2D eigenvalue weighted by Crippen LogP contribution is 2.15. The van der Waals surface area contributed by atoms with Crippen LogP contribution in [0.3, 0.4) is 0 Å². The summed E-state index contributed by atoms with van der Waals surface area (Å²) in [6, 6.07) is 7.94. The summed E-state index contributed by atoms with van der Waals surface area (Å²) in [6.07, 6.45) is 3.47. The van der Waals surface area contributed by atoms with Crippen molar-refractivity contribution in [3.63, 3.8) is 0 Å². The van der Waals surface area contributed by atoms with Crippen molar-refractivity contribution in [2.24, 2.45) is 5.73 Å². The molecule has 0 radical (unpaired) electrons. The van der Waals surface area contributed by atoms with Gasteiger partial charge in [0, 0.05) is 24.4 Å². The molecule has 18 heavy (non-hydrogen) atoms.